The van der Waals surface area contributed by atoms with Gasteiger partial charge in [-0.1, -0.05) is 12.1 Å². The first-order chi connectivity index (χ1) is 11.4. The molecular formula is C13H14BN5O5. The van der Waals surface area contributed by atoms with Crippen molar-refractivity contribution >= 4 is 24.9 Å². The molecule has 124 valence electrons. The summed E-state index contributed by atoms with van der Waals surface area (Å²) in [6, 6.07) is 4.66. The van der Waals surface area contributed by atoms with E-state index in [4.69, 9.17) is 15.5 Å². The minimum atomic E-state index is -1.36. The number of para-hydroxylation sites is 1. The molecule has 10 nitrogen and oxygen atoms in total. The molecule has 0 fully saturated rings. The first-order valence-electron chi connectivity index (χ1n) is 7.10. The highest BCUT2D eigenvalue weighted by atomic mass is 16.5. The number of carbonyl (C=O) groups is 2. The Labute approximate surface area is 136 Å². The molecule has 0 saturated heterocycles. The van der Waals surface area contributed by atoms with Gasteiger partial charge in [0.25, 0.3) is 0 Å². The number of carboxylic acids is 1. The summed E-state index contributed by atoms with van der Waals surface area (Å²) in [7, 11) is -1.36. The molecule has 24 heavy (non-hydrogen) atoms. The van der Waals surface area contributed by atoms with Crippen molar-refractivity contribution in [3.05, 3.63) is 35.2 Å². The van der Waals surface area contributed by atoms with E-state index in [2.05, 4.69) is 20.5 Å². The Bertz CT molecular complexity index is 795. The second-order valence-electron chi connectivity index (χ2n) is 5.30. The average Bonchev–Trinajstić information content (AvgIpc) is 2.92. The Morgan fingerprint density at radius 1 is 1.50 bits per heavy atom. The van der Waals surface area contributed by atoms with Crippen LogP contribution in [0.3, 0.4) is 0 Å². The predicted octanol–water partition coefficient (Wildman–Crippen LogP) is -1.23. The van der Waals surface area contributed by atoms with Gasteiger partial charge in [-0.3, -0.25) is 9.89 Å². The van der Waals surface area contributed by atoms with Gasteiger partial charge in [-0.2, -0.15) is 4.98 Å². The fourth-order valence-electron chi connectivity index (χ4n) is 2.52. The van der Waals surface area contributed by atoms with Crippen LogP contribution in [0.4, 0.5) is 5.95 Å². The number of fused-ring (bicyclic) bond motifs is 1. The first kappa shape index (κ1) is 15.8. The smallest absolute Gasteiger partial charge is 0.534 e. The fraction of sp³-hybridized carbons (Fsp3) is 0.231. The number of aromatic carboxylic acids is 1. The summed E-state index contributed by atoms with van der Waals surface area (Å²) < 4.78 is 5.30. The summed E-state index contributed by atoms with van der Waals surface area (Å²) in [6.07, 6.45) is 0.150. The van der Waals surface area contributed by atoms with E-state index >= 15 is 0 Å². The lowest BCUT2D eigenvalue weighted by Crippen LogP contribution is -2.53. The standard InChI is InChI=1S/C13H14BN5O5/c15-13-17-9(18-19-13)5-10(20)16-8-4-6-2-1-3-7(12(21)22)11(6)24-14(8)23/h1-3,8,23H,4-5H2,(H,16,20)(H,21,22)(H3,15,17,18,19)/t8-/m0/s1. The number of aromatic amines is 1. The number of nitrogens with zero attached hydrogens (tertiary/aromatic N) is 2. The van der Waals surface area contributed by atoms with Crippen molar-refractivity contribution in [3.8, 4) is 5.75 Å². The molecule has 1 amide bonds. The van der Waals surface area contributed by atoms with Crippen LogP contribution in [0.1, 0.15) is 21.7 Å². The number of hydrogen-bond donors (Lipinski definition) is 5. The summed E-state index contributed by atoms with van der Waals surface area (Å²) in [6.45, 7) is 0. The maximum absolute atomic E-state index is 12.0. The van der Waals surface area contributed by atoms with Gasteiger partial charge in [-0.05, 0) is 18.1 Å². The lowest BCUT2D eigenvalue weighted by Gasteiger charge is -2.28. The zero-order chi connectivity index (χ0) is 17.3. The van der Waals surface area contributed by atoms with Crippen molar-refractivity contribution < 1.29 is 24.4 Å². The van der Waals surface area contributed by atoms with E-state index in [0.717, 1.165) is 0 Å². The highest BCUT2D eigenvalue weighted by Gasteiger charge is 2.37. The summed E-state index contributed by atoms with van der Waals surface area (Å²) in [5, 5.41) is 28.0. The van der Waals surface area contributed by atoms with E-state index in [1.54, 1.807) is 12.1 Å². The number of hydrogen-bond acceptors (Lipinski definition) is 7. The number of aromatic nitrogens is 3. The summed E-state index contributed by atoms with van der Waals surface area (Å²) >= 11 is 0. The number of H-pyrrole nitrogens is 1. The zero-order valence-corrected chi connectivity index (χ0v) is 12.4. The minimum Gasteiger partial charge on any atom is -0.534 e. The van der Waals surface area contributed by atoms with Crippen LogP contribution < -0.4 is 15.7 Å². The summed E-state index contributed by atoms with van der Waals surface area (Å²) in [4.78, 5) is 27.0. The normalized spacial score (nSPS) is 16.2. The molecule has 3 rings (SSSR count). The van der Waals surface area contributed by atoms with Crippen LogP contribution in [0.25, 0.3) is 0 Å². The lowest BCUT2D eigenvalue weighted by molar-refractivity contribution is -0.121. The molecule has 0 bridgehead atoms. The Hall–Kier alpha value is -3.08. The molecule has 0 aliphatic carbocycles. The largest absolute Gasteiger partial charge is 0.547 e. The summed E-state index contributed by atoms with van der Waals surface area (Å²) in [5.74, 6) is -1.82. The van der Waals surface area contributed by atoms with Crippen molar-refractivity contribution in [2.45, 2.75) is 18.8 Å². The molecule has 0 radical (unpaired) electrons. The first-order valence-corrected chi connectivity index (χ1v) is 7.10. The van der Waals surface area contributed by atoms with Gasteiger partial charge in [0, 0.05) is 0 Å². The third-order valence-corrected chi connectivity index (χ3v) is 3.57. The van der Waals surface area contributed by atoms with E-state index in [-0.39, 0.29) is 30.1 Å². The van der Waals surface area contributed by atoms with Crippen LogP contribution in [0.5, 0.6) is 5.75 Å². The number of nitrogens with two attached hydrogens (primary N) is 1. The molecule has 1 aliphatic heterocycles. The predicted molar refractivity (Wildman–Crippen MR) is 82.1 cm³/mol. The Balaban J connectivity index is 1.71. The molecule has 0 unspecified atom stereocenters. The number of nitrogen functional groups attached to an aromatic ring is 1. The quantitative estimate of drug-likeness (QED) is 0.435. The molecular weight excluding hydrogens is 317 g/mol. The van der Waals surface area contributed by atoms with Crippen molar-refractivity contribution in [1.82, 2.24) is 20.5 Å². The van der Waals surface area contributed by atoms with Crippen LogP contribution in [0.15, 0.2) is 18.2 Å². The number of rotatable bonds is 4. The molecule has 0 spiro atoms. The van der Waals surface area contributed by atoms with Crippen LogP contribution in [-0.4, -0.2) is 50.2 Å². The van der Waals surface area contributed by atoms with E-state index < -0.39 is 24.9 Å². The Morgan fingerprint density at radius 2 is 2.29 bits per heavy atom. The number of amides is 1. The zero-order valence-electron chi connectivity index (χ0n) is 12.4. The van der Waals surface area contributed by atoms with Crippen molar-refractivity contribution in [2.24, 2.45) is 0 Å². The third-order valence-electron chi connectivity index (χ3n) is 3.57. The molecule has 1 aromatic carbocycles. The van der Waals surface area contributed by atoms with Gasteiger partial charge in [0.15, 0.2) is 0 Å². The molecule has 2 aromatic rings. The van der Waals surface area contributed by atoms with Crippen LogP contribution in [-0.2, 0) is 17.6 Å². The van der Waals surface area contributed by atoms with Gasteiger partial charge in [0.1, 0.15) is 11.6 Å². The molecule has 6 N–H and O–H groups in total. The van der Waals surface area contributed by atoms with Gasteiger partial charge in [0.2, 0.25) is 11.9 Å². The maximum Gasteiger partial charge on any atom is 0.547 e. The van der Waals surface area contributed by atoms with E-state index in [9.17, 15) is 14.6 Å². The average molecular weight is 331 g/mol. The van der Waals surface area contributed by atoms with Gasteiger partial charge in [-0.15, -0.1) is 5.10 Å². The molecule has 1 atom stereocenters. The van der Waals surface area contributed by atoms with E-state index in [1.807, 2.05) is 0 Å². The molecule has 0 saturated carbocycles. The third kappa shape index (κ3) is 3.15. The fourth-order valence-corrected chi connectivity index (χ4v) is 2.52. The lowest BCUT2D eigenvalue weighted by atomic mass is 9.72. The van der Waals surface area contributed by atoms with Crippen LogP contribution >= 0.6 is 0 Å². The van der Waals surface area contributed by atoms with Crippen LogP contribution in [0.2, 0.25) is 0 Å². The van der Waals surface area contributed by atoms with Crippen LogP contribution in [0, 0.1) is 0 Å². The Kier molecular flexibility index (Phi) is 4.08. The highest BCUT2D eigenvalue weighted by Crippen LogP contribution is 2.30. The second kappa shape index (κ2) is 6.20. The van der Waals surface area contributed by atoms with Gasteiger partial charge >= 0.3 is 13.1 Å². The topological polar surface area (TPSA) is 163 Å². The number of nitrogens with one attached hydrogen (secondary N) is 2. The van der Waals surface area contributed by atoms with E-state index in [0.29, 0.717) is 11.4 Å². The molecule has 1 aromatic heterocycles. The number of benzene rings is 1. The minimum absolute atomic E-state index is 0.0338. The molecule has 2 heterocycles. The van der Waals surface area contributed by atoms with E-state index in [1.165, 1.54) is 6.07 Å². The van der Waals surface area contributed by atoms with Gasteiger partial charge in [0.05, 0.1) is 17.9 Å². The maximum atomic E-state index is 12.0. The molecule has 1 aliphatic rings. The number of anilines is 1. The van der Waals surface area contributed by atoms with Crippen molar-refractivity contribution in [3.63, 3.8) is 0 Å². The van der Waals surface area contributed by atoms with Gasteiger partial charge < -0.3 is 25.8 Å². The summed E-state index contributed by atoms with van der Waals surface area (Å²) in [5.41, 5.74) is 5.92. The monoisotopic (exact) mass is 331 g/mol. The number of carbonyl (C=O) groups excluding carboxylic acids is 1. The Morgan fingerprint density at radius 3 is 2.96 bits per heavy atom. The SMILES string of the molecule is Nc1n[nH]c(CC(=O)N[C@H]2Cc3cccc(C(=O)O)c3OB2O)n1. The highest BCUT2D eigenvalue weighted by molar-refractivity contribution is 6.47. The van der Waals surface area contributed by atoms with Gasteiger partial charge in [-0.25, -0.2) is 4.79 Å². The van der Waals surface area contributed by atoms with Crippen molar-refractivity contribution in [2.75, 3.05) is 5.73 Å². The molecule has 11 heteroatoms. The van der Waals surface area contributed by atoms with Crippen molar-refractivity contribution in [1.29, 1.82) is 0 Å². The number of carboxylic acid groups (broad SMARTS) is 1. The second-order valence-corrected chi connectivity index (χ2v) is 5.30.